The Labute approximate surface area is 156 Å². The van der Waals surface area contributed by atoms with Gasteiger partial charge >= 0.3 is 0 Å². The largest absolute Gasteiger partial charge is 0.339 e. The Balaban J connectivity index is 1.64. The second kappa shape index (κ2) is 7.99. The van der Waals surface area contributed by atoms with Gasteiger partial charge in [-0.15, -0.1) is 10.2 Å². The number of hydrogen-bond acceptors (Lipinski definition) is 5. The molecule has 8 heteroatoms. The lowest BCUT2D eigenvalue weighted by molar-refractivity contribution is 0.0636. The number of aromatic nitrogens is 2. The third kappa shape index (κ3) is 4.60. The maximum atomic E-state index is 12.5. The molecular formula is C17H19Cl2N5O. The van der Waals surface area contributed by atoms with Crippen molar-refractivity contribution in [1.82, 2.24) is 20.0 Å². The highest BCUT2D eigenvalue weighted by Gasteiger charge is 2.22. The van der Waals surface area contributed by atoms with E-state index in [1.54, 1.807) is 30.3 Å². The van der Waals surface area contributed by atoms with Crippen LogP contribution in [0.15, 0.2) is 30.3 Å². The van der Waals surface area contributed by atoms with Crippen LogP contribution in [0.3, 0.4) is 0 Å². The van der Waals surface area contributed by atoms with Gasteiger partial charge in [0.1, 0.15) is 0 Å². The first kappa shape index (κ1) is 17.9. The van der Waals surface area contributed by atoms with Crippen molar-refractivity contribution in [3.8, 4) is 0 Å². The first-order chi connectivity index (χ1) is 12.0. The van der Waals surface area contributed by atoms with Crippen molar-refractivity contribution in [3.63, 3.8) is 0 Å². The monoisotopic (exact) mass is 379 g/mol. The number of likely N-dealkylation sites (N-methyl/N-ethyl adjacent to an activating group) is 1. The predicted molar refractivity (Wildman–Crippen MR) is 99.8 cm³/mol. The third-order valence-electron chi connectivity index (χ3n) is 4.13. The van der Waals surface area contributed by atoms with E-state index in [9.17, 15) is 4.79 Å². The number of anilines is 2. The van der Waals surface area contributed by atoms with Crippen LogP contribution in [0.2, 0.25) is 10.0 Å². The number of piperazine rings is 1. The van der Waals surface area contributed by atoms with E-state index in [1.807, 2.05) is 4.90 Å². The molecule has 0 aliphatic carbocycles. The van der Waals surface area contributed by atoms with Gasteiger partial charge in [0.25, 0.3) is 5.91 Å². The van der Waals surface area contributed by atoms with Crippen molar-refractivity contribution in [1.29, 1.82) is 0 Å². The maximum absolute atomic E-state index is 12.5. The van der Waals surface area contributed by atoms with Crippen LogP contribution >= 0.6 is 23.2 Å². The molecule has 1 amide bonds. The van der Waals surface area contributed by atoms with Crippen LogP contribution in [0.5, 0.6) is 0 Å². The number of carbonyl (C=O) groups excluding carboxylic acids is 1. The van der Waals surface area contributed by atoms with Crippen LogP contribution in [0.4, 0.5) is 11.5 Å². The van der Waals surface area contributed by atoms with Crippen molar-refractivity contribution < 1.29 is 4.79 Å². The van der Waals surface area contributed by atoms with Gasteiger partial charge in [-0.25, -0.2) is 0 Å². The summed E-state index contributed by atoms with van der Waals surface area (Å²) in [6.45, 7) is 6.36. The average molecular weight is 380 g/mol. The number of amides is 1. The smallest absolute Gasteiger partial charge is 0.274 e. The van der Waals surface area contributed by atoms with E-state index >= 15 is 0 Å². The van der Waals surface area contributed by atoms with E-state index in [2.05, 4.69) is 27.3 Å². The normalized spacial score (nSPS) is 15.2. The summed E-state index contributed by atoms with van der Waals surface area (Å²) >= 11 is 12.0. The first-order valence-electron chi connectivity index (χ1n) is 8.13. The molecule has 1 aliphatic rings. The van der Waals surface area contributed by atoms with Gasteiger partial charge in [-0.3, -0.25) is 4.79 Å². The molecule has 1 fully saturated rings. The average Bonchev–Trinajstić information content (AvgIpc) is 2.61. The zero-order valence-corrected chi connectivity index (χ0v) is 15.4. The molecule has 1 aromatic heterocycles. The second-order valence-corrected chi connectivity index (χ2v) is 6.69. The minimum absolute atomic E-state index is 0.0828. The topological polar surface area (TPSA) is 61.4 Å². The van der Waals surface area contributed by atoms with Crippen LogP contribution in [-0.2, 0) is 0 Å². The van der Waals surface area contributed by atoms with Crippen LogP contribution in [0, 0.1) is 0 Å². The summed E-state index contributed by atoms with van der Waals surface area (Å²) in [6.07, 6.45) is 0. The molecule has 1 saturated heterocycles. The fourth-order valence-electron chi connectivity index (χ4n) is 2.72. The summed E-state index contributed by atoms with van der Waals surface area (Å²) in [7, 11) is 0. The second-order valence-electron chi connectivity index (χ2n) is 5.81. The van der Waals surface area contributed by atoms with Crippen molar-refractivity contribution in [2.75, 3.05) is 38.0 Å². The minimum atomic E-state index is -0.0828. The SMILES string of the molecule is CCN1CCN(C(=O)c2ccc(Nc3cc(Cl)cc(Cl)c3)nn2)CC1. The Morgan fingerprint density at radius 1 is 1.08 bits per heavy atom. The molecule has 0 radical (unpaired) electrons. The van der Waals surface area contributed by atoms with Gasteiger partial charge < -0.3 is 15.1 Å². The van der Waals surface area contributed by atoms with E-state index in [0.29, 0.717) is 27.2 Å². The fourth-order valence-corrected chi connectivity index (χ4v) is 3.24. The van der Waals surface area contributed by atoms with Crippen LogP contribution in [0.25, 0.3) is 0 Å². The lowest BCUT2D eigenvalue weighted by atomic mass is 10.2. The number of nitrogens with zero attached hydrogens (tertiary/aromatic N) is 4. The van der Waals surface area contributed by atoms with Crippen LogP contribution in [-0.4, -0.2) is 58.6 Å². The van der Waals surface area contributed by atoms with Gasteiger partial charge in [0.15, 0.2) is 11.5 Å². The van der Waals surface area contributed by atoms with E-state index in [4.69, 9.17) is 23.2 Å². The zero-order valence-electron chi connectivity index (χ0n) is 13.9. The summed E-state index contributed by atoms with van der Waals surface area (Å²) in [5.41, 5.74) is 1.06. The van der Waals surface area contributed by atoms with Crippen molar-refractivity contribution in [2.24, 2.45) is 0 Å². The molecule has 2 heterocycles. The zero-order chi connectivity index (χ0) is 17.8. The molecule has 0 atom stereocenters. The Morgan fingerprint density at radius 2 is 1.76 bits per heavy atom. The molecular weight excluding hydrogens is 361 g/mol. The van der Waals surface area contributed by atoms with Crippen molar-refractivity contribution in [2.45, 2.75) is 6.92 Å². The van der Waals surface area contributed by atoms with E-state index in [-0.39, 0.29) is 5.91 Å². The Morgan fingerprint density at radius 3 is 2.32 bits per heavy atom. The number of benzene rings is 1. The van der Waals surface area contributed by atoms with Gasteiger partial charge in [-0.2, -0.15) is 0 Å². The number of carbonyl (C=O) groups is 1. The summed E-state index contributed by atoms with van der Waals surface area (Å²) in [6, 6.07) is 8.52. The molecule has 25 heavy (non-hydrogen) atoms. The number of nitrogens with one attached hydrogen (secondary N) is 1. The molecule has 2 aromatic rings. The van der Waals surface area contributed by atoms with Gasteiger partial charge in [0.05, 0.1) is 0 Å². The summed E-state index contributed by atoms with van der Waals surface area (Å²) in [5, 5.41) is 12.3. The van der Waals surface area contributed by atoms with E-state index in [0.717, 1.165) is 32.7 Å². The van der Waals surface area contributed by atoms with Crippen LogP contribution in [0.1, 0.15) is 17.4 Å². The highest BCUT2D eigenvalue weighted by Crippen LogP contribution is 2.24. The number of hydrogen-bond donors (Lipinski definition) is 1. The molecule has 0 bridgehead atoms. The molecule has 1 N–H and O–H groups in total. The van der Waals surface area contributed by atoms with E-state index < -0.39 is 0 Å². The third-order valence-corrected chi connectivity index (χ3v) is 4.56. The predicted octanol–water partition coefficient (Wildman–Crippen LogP) is 3.30. The van der Waals surface area contributed by atoms with E-state index in [1.165, 1.54) is 0 Å². The van der Waals surface area contributed by atoms with Crippen molar-refractivity contribution >= 4 is 40.6 Å². The maximum Gasteiger partial charge on any atom is 0.274 e. The quantitative estimate of drug-likeness (QED) is 0.882. The Bertz CT molecular complexity index is 725. The molecule has 3 rings (SSSR count). The lowest BCUT2D eigenvalue weighted by Gasteiger charge is -2.33. The molecule has 1 aliphatic heterocycles. The Kier molecular flexibility index (Phi) is 5.73. The summed E-state index contributed by atoms with van der Waals surface area (Å²) in [4.78, 5) is 16.6. The highest BCUT2D eigenvalue weighted by molar-refractivity contribution is 6.35. The number of rotatable bonds is 4. The molecule has 1 aromatic carbocycles. The molecule has 0 spiro atoms. The van der Waals surface area contributed by atoms with Crippen molar-refractivity contribution in [3.05, 3.63) is 46.1 Å². The molecule has 6 nitrogen and oxygen atoms in total. The lowest BCUT2D eigenvalue weighted by Crippen LogP contribution is -2.48. The molecule has 0 unspecified atom stereocenters. The molecule has 0 saturated carbocycles. The van der Waals surface area contributed by atoms with Gasteiger partial charge in [-0.05, 0) is 36.9 Å². The van der Waals surface area contributed by atoms with Gasteiger partial charge in [0.2, 0.25) is 0 Å². The summed E-state index contributed by atoms with van der Waals surface area (Å²) in [5.74, 6) is 0.436. The summed E-state index contributed by atoms with van der Waals surface area (Å²) < 4.78 is 0. The fraction of sp³-hybridized carbons (Fsp3) is 0.353. The highest BCUT2D eigenvalue weighted by atomic mass is 35.5. The standard InChI is InChI=1S/C17H19Cl2N5O/c1-2-23-5-7-24(8-6-23)17(25)15-3-4-16(22-21-15)20-14-10-12(18)9-13(19)11-14/h3-4,9-11H,2,5-8H2,1H3,(H,20,22). The molecule has 132 valence electrons. The first-order valence-corrected chi connectivity index (χ1v) is 8.89. The van der Waals surface area contributed by atoms with Crippen LogP contribution < -0.4 is 5.32 Å². The van der Waals surface area contributed by atoms with Gasteiger partial charge in [0, 0.05) is 41.9 Å². The number of halogens is 2. The van der Waals surface area contributed by atoms with Gasteiger partial charge in [-0.1, -0.05) is 30.1 Å². The Hall–Kier alpha value is -1.89. The minimum Gasteiger partial charge on any atom is -0.339 e.